The van der Waals surface area contributed by atoms with Crippen molar-refractivity contribution in [3.8, 4) is 90.1 Å². The van der Waals surface area contributed by atoms with E-state index in [2.05, 4.69) is 290 Å². The number of rotatable bonds is 12. The topological polar surface area (TPSA) is 136 Å². The molecule has 0 bridgehead atoms. The van der Waals surface area contributed by atoms with Crippen LogP contribution in [0.5, 0.6) is 5.75 Å². The summed E-state index contributed by atoms with van der Waals surface area (Å²) < 4.78 is 13.1. The van der Waals surface area contributed by atoms with Crippen molar-refractivity contribution < 1.29 is 19.7 Å². The maximum absolute atomic E-state index is 9.32. The molecule has 0 saturated carbocycles. The highest BCUT2D eigenvalue weighted by Gasteiger charge is 2.21. The van der Waals surface area contributed by atoms with Crippen LogP contribution >= 0.6 is 15.9 Å². The van der Waals surface area contributed by atoms with Crippen LogP contribution in [0.3, 0.4) is 0 Å². The van der Waals surface area contributed by atoms with Crippen molar-refractivity contribution in [3.63, 3.8) is 0 Å². The molecule has 5 aromatic heterocycles. The van der Waals surface area contributed by atoms with Crippen molar-refractivity contribution in [1.29, 1.82) is 0 Å². The molecule has 1 radical (unpaired) electrons. The van der Waals surface area contributed by atoms with Crippen LogP contribution in [0.25, 0.3) is 172 Å². The molecule has 0 amide bonds. The summed E-state index contributed by atoms with van der Waals surface area (Å²) >= 11 is 3.57. The van der Waals surface area contributed by atoms with Crippen molar-refractivity contribution in [2.45, 2.75) is 0 Å². The van der Waals surface area contributed by atoms with Crippen LogP contribution in [-0.4, -0.2) is 63.5 Å². The highest BCUT2D eigenvalue weighted by atomic mass is 79.9. The molecular formula is C94H63B2BrN7O4. The molecule has 0 unspecified atom stereocenters. The van der Waals surface area contributed by atoms with Gasteiger partial charge in [0.05, 0.1) is 77.9 Å². The van der Waals surface area contributed by atoms with Crippen LogP contribution in [0.15, 0.2) is 368 Å². The molecule has 0 aliphatic heterocycles. The number of halogens is 1. The van der Waals surface area contributed by atoms with Gasteiger partial charge in [-0.25, -0.2) is 19.9 Å². The molecule has 0 spiro atoms. The molecule has 0 aliphatic carbocycles. The number of benzene rings is 15. The van der Waals surface area contributed by atoms with E-state index in [0.717, 1.165) is 82.7 Å². The predicted octanol–water partition coefficient (Wildman–Crippen LogP) is 21.6. The Kier molecular flexibility index (Phi) is 17.9. The molecule has 0 aliphatic rings. The van der Waals surface area contributed by atoms with Gasteiger partial charge in [0.15, 0.2) is 0 Å². The third-order valence-corrected chi connectivity index (χ3v) is 20.4. The Morgan fingerprint density at radius 1 is 0.269 bits per heavy atom. The monoisotopic (exact) mass is 1450 g/mol. The smallest absolute Gasteiger partial charge is 0.537 e. The number of aromatic nitrogens is 7. The van der Waals surface area contributed by atoms with Crippen LogP contribution < -0.4 is 10.1 Å². The molecule has 5 heterocycles. The summed E-state index contributed by atoms with van der Waals surface area (Å²) in [7, 11) is -0.889. The lowest BCUT2D eigenvalue weighted by molar-refractivity contribution is 0.425. The van der Waals surface area contributed by atoms with E-state index in [9.17, 15) is 10.0 Å². The van der Waals surface area contributed by atoms with Gasteiger partial charge in [-0.1, -0.05) is 234 Å². The van der Waals surface area contributed by atoms with E-state index in [1.54, 1.807) is 36.4 Å². The van der Waals surface area contributed by atoms with Crippen molar-refractivity contribution in [2.75, 3.05) is 0 Å². The zero-order valence-electron chi connectivity index (χ0n) is 58.1. The molecule has 0 atom stereocenters. The van der Waals surface area contributed by atoms with Crippen LogP contribution in [0.2, 0.25) is 0 Å². The lowest BCUT2D eigenvalue weighted by Gasteiger charge is -2.12. The first-order valence-corrected chi connectivity index (χ1v) is 36.4. The molecule has 0 saturated heterocycles. The minimum absolute atomic E-state index is 0.404. The van der Waals surface area contributed by atoms with Gasteiger partial charge >= 0.3 is 14.8 Å². The van der Waals surface area contributed by atoms with Gasteiger partial charge in [-0.3, -0.25) is 0 Å². The van der Waals surface area contributed by atoms with Crippen molar-refractivity contribution >= 4 is 124 Å². The second kappa shape index (κ2) is 29.0. The summed E-state index contributed by atoms with van der Waals surface area (Å²) in [4.78, 5) is 20.1. The summed E-state index contributed by atoms with van der Waals surface area (Å²) in [6.45, 7) is 0. The van der Waals surface area contributed by atoms with E-state index in [4.69, 9.17) is 29.6 Å². The first kappa shape index (κ1) is 66.6. The van der Waals surface area contributed by atoms with Gasteiger partial charge in [-0.05, 0) is 173 Å². The Labute approximate surface area is 631 Å². The normalized spacial score (nSPS) is 11.3. The minimum Gasteiger partial charge on any atom is -0.537 e. The molecule has 0 fully saturated rings. The van der Waals surface area contributed by atoms with E-state index >= 15 is 0 Å². The van der Waals surface area contributed by atoms with Crippen molar-refractivity contribution in [2.24, 2.45) is 0 Å². The van der Waals surface area contributed by atoms with Crippen molar-refractivity contribution in [1.82, 2.24) is 33.6 Å². The Hall–Kier alpha value is -13.3. The molecule has 108 heavy (non-hydrogen) atoms. The average molecular weight is 1460 g/mol. The van der Waals surface area contributed by atoms with Crippen LogP contribution in [0.4, 0.5) is 0 Å². The number of fused-ring (bicyclic) bond motifs is 11. The summed E-state index contributed by atoms with van der Waals surface area (Å²) in [6.07, 6.45) is 0. The van der Waals surface area contributed by atoms with E-state index in [0.29, 0.717) is 30.3 Å². The molecule has 20 aromatic rings. The molecule has 20 rings (SSSR count). The minimum atomic E-state index is -1.52. The third-order valence-electron chi connectivity index (χ3n) is 19.9. The zero-order valence-corrected chi connectivity index (χ0v) is 59.6. The molecule has 511 valence electrons. The Morgan fingerprint density at radius 2 is 0.546 bits per heavy atom. The Bertz CT molecular complexity index is 6480. The number of para-hydroxylation sites is 10. The summed E-state index contributed by atoms with van der Waals surface area (Å²) in [5, 5.41) is 34.9. The first-order valence-electron chi connectivity index (χ1n) is 35.6. The Morgan fingerprint density at radius 3 is 0.898 bits per heavy atom. The maximum atomic E-state index is 9.32. The van der Waals surface area contributed by atoms with E-state index in [1.165, 1.54) is 82.2 Å². The lowest BCUT2D eigenvalue weighted by Crippen LogP contribution is -2.29. The van der Waals surface area contributed by atoms with Gasteiger partial charge in [0.1, 0.15) is 5.75 Å². The van der Waals surface area contributed by atoms with Crippen LogP contribution in [0.1, 0.15) is 0 Å². The SMILES string of the molecule is Brc1ccc2c(c1)c1ccccc1n2-c1ccccc1.O[B]Oc1ccc(-c2nc3ccccc3nc2-c2ccc(B(O)O)cc2)cc1.c1ccc(-n2c3ccccc3c3cc(-c4ccc(-c5nc6ccccc6nc5-c5ccc(-c6ccc7c(c6)c6ccccc6n7-c6ccccc6)cc5)cc4)ccc32)cc1. The van der Waals surface area contributed by atoms with Crippen LogP contribution in [0, 0.1) is 0 Å². The summed E-state index contributed by atoms with van der Waals surface area (Å²) in [6, 6.07) is 125. The highest BCUT2D eigenvalue weighted by Crippen LogP contribution is 2.41. The standard InChI is InChI=1S/C56H36N4.C20H15B2N2O4.C18H12BrN/c1-3-13-43(14-4-1)59-51-21-11-7-17-45(51)47-35-41(31-33-53(47)59)37-23-27-39(28-24-37)55-56(58-50-20-10-9-19-49(50)57-55)40-29-25-38(26-30-40)42-32-34-54-48(36-42)46-18-8-12-22-52(46)60(54)44-15-5-2-6-16-44;25-21-28-16-11-7-14(8-12-16)20-19(13-5-9-15(10-6-13)22(26)27)23-17-3-1-2-4-18(17)24-20;19-13-10-11-18-16(12-13)15-8-4-5-9-17(15)20(18)14-6-2-1-3-7-14/h1-36H;1-12,25-27H;1-12H. The fraction of sp³-hybridized carbons (Fsp3) is 0. The lowest BCUT2D eigenvalue weighted by atomic mass is 9.80. The number of nitrogens with zero attached hydrogens (tertiary/aromatic N) is 7. The summed E-state index contributed by atoms with van der Waals surface area (Å²) in [5.41, 5.74) is 25.9. The number of hydrogen-bond donors (Lipinski definition) is 3. The van der Waals surface area contributed by atoms with E-state index in [-0.39, 0.29) is 0 Å². The fourth-order valence-electron chi connectivity index (χ4n) is 14.8. The second-order valence-electron chi connectivity index (χ2n) is 26.4. The van der Waals surface area contributed by atoms with E-state index in [1.807, 2.05) is 66.7 Å². The predicted molar refractivity (Wildman–Crippen MR) is 447 cm³/mol. The number of hydrogen-bond acceptors (Lipinski definition) is 8. The highest BCUT2D eigenvalue weighted by molar-refractivity contribution is 9.10. The van der Waals surface area contributed by atoms with Gasteiger partial charge in [-0.15, -0.1) is 0 Å². The largest absolute Gasteiger partial charge is 0.569 e. The third kappa shape index (κ3) is 12.7. The van der Waals surface area contributed by atoms with Gasteiger partial charge < -0.3 is 33.4 Å². The molecule has 3 N–H and O–H groups in total. The zero-order chi connectivity index (χ0) is 72.6. The van der Waals surface area contributed by atoms with Crippen LogP contribution in [-0.2, 0) is 0 Å². The fourth-order valence-corrected chi connectivity index (χ4v) is 15.2. The van der Waals surface area contributed by atoms with Gasteiger partial charge in [0, 0.05) is 76.1 Å². The van der Waals surface area contributed by atoms with Gasteiger partial charge in [0.2, 0.25) is 0 Å². The molecule has 14 heteroatoms. The Balaban J connectivity index is 0.000000140. The first-order chi connectivity index (χ1) is 53.2. The second-order valence-corrected chi connectivity index (χ2v) is 27.3. The summed E-state index contributed by atoms with van der Waals surface area (Å²) in [5.74, 6) is 0.503. The van der Waals surface area contributed by atoms with Gasteiger partial charge in [-0.2, -0.15) is 0 Å². The molecular weight excluding hydrogens is 1390 g/mol. The quantitative estimate of drug-likeness (QED) is 0.103. The maximum Gasteiger partial charge on any atom is 0.569 e. The molecule has 15 aromatic carbocycles. The van der Waals surface area contributed by atoms with Crippen molar-refractivity contribution in [3.05, 3.63) is 368 Å². The molecule has 11 nitrogen and oxygen atoms in total. The van der Waals surface area contributed by atoms with E-state index < -0.39 is 7.12 Å². The average Bonchev–Trinajstić information content (AvgIpc) is 1.16. The van der Waals surface area contributed by atoms with Gasteiger partial charge in [0.25, 0.3) is 0 Å².